The van der Waals surface area contributed by atoms with Gasteiger partial charge in [-0.05, 0) is 69.0 Å². The largest absolute Gasteiger partial charge is 0.494 e. The number of rotatable bonds is 10. The zero-order chi connectivity index (χ0) is 29.2. The van der Waals surface area contributed by atoms with E-state index >= 15 is 0 Å². The van der Waals surface area contributed by atoms with Crippen molar-refractivity contribution >= 4 is 39.8 Å². The van der Waals surface area contributed by atoms with Crippen molar-refractivity contribution < 1.29 is 9.53 Å². The van der Waals surface area contributed by atoms with Gasteiger partial charge in [-0.1, -0.05) is 24.8 Å². The normalized spacial score (nSPS) is 14.6. The van der Waals surface area contributed by atoms with Crippen LogP contribution in [0.3, 0.4) is 0 Å². The van der Waals surface area contributed by atoms with E-state index in [1.807, 2.05) is 32.3 Å². The smallest absolute Gasteiger partial charge is 0.247 e. The van der Waals surface area contributed by atoms with E-state index in [2.05, 4.69) is 61.0 Å². The van der Waals surface area contributed by atoms with Crippen molar-refractivity contribution in [2.24, 2.45) is 0 Å². The highest BCUT2D eigenvalue weighted by Crippen LogP contribution is 2.39. The number of methoxy groups -OCH3 is 1. The first-order chi connectivity index (χ1) is 20.4. The van der Waals surface area contributed by atoms with Gasteiger partial charge in [0.1, 0.15) is 5.75 Å². The fourth-order valence-electron chi connectivity index (χ4n) is 6.19. The van der Waals surface area contributed by atoms with Gasteiger partial charge in [0.25, 0.3) is 0 Å². The van der Waals surface area contributed by atoms with E-state index in [1.165, 1.54) is 35.4 Å². The maximum absolute atomic E-state index is 12.4. The molecule has 2 aromatic carbocycles. The first kappa shape index (κ1) is 27.8. The number of aryl methyl sites for hydroxylation is 3. The molecule has 2 N–H and O–H groups in total. The van der Waals surface area contributed by atoms with Crippen molar-refractivity contribution in [2.45, 2.75) is 39.2 Å². The summed E-state index contributed by atoms with van der Waals surface area (Å²) < 4.78 is 8.17. The third kappa shape index (κ3) is 5.44. The Hall–Kier alpha value is -4.37. The number of aromatic nitrogens is 3. The number of para-hydroxylation sites is 1. The minimum Gasteiger partial charge on any atom is -0.494 e. The number of hydrogen-bond acceptors (Lipinski definition) is 7. The fourth-order valence-corrected chi connectivity index (χ4v) is 6.19. The van der Waals surface area contributed by atoms with Crippen LogP contribution < -0.4 is 20.3 Å². The number of amides is 1. The summed E-state index contributed by atoms with van der Waals surface area (Å²) >= 11 is 0. The van der Waals surface area contributed by atoms with Crippen molar-refractivity contribution in [3.05, 3.63) is 66.5 Å². The second-order valence-electron chi connectivity index (χ2n) is 11.2. The number of likely N-dealkylation sites (tertiary alicyclic amines) is 1. The topological polar surface area (TPSA) is 87.5 Å². The van der Waals surface area contributed by atoms with Crippen LogP contribution in [0, 0.1) is 6.92 Å². The van der Waals surface area contributed by atoms with Crippen molar-refractivity contribution in [3.8, 4) is 17.0 Å². The summed E-state index contributed by atoms with van der Waals surface area (Å²) in [4.78, 5) is 26.6. The van der Waals surface area contributed by atoms with Gasteiger partial charge in [-0.2, -0.15) is 0 Å². The van der Waals surface area contributed by atoms with Gasteiger partial charge in [-0.3, -0.25) is 4.79 Å². The highest BCUT2D eigenvalue weighted by molar-refractivity contribution is 6.02. The van der Waals surface area contributed by atoms with Gasteiger partial charge in [0, 0.05) is 56.1 Å². The van der Waals surface area contributed by atoms with Crippen LogP contribution in [0.2, 0.25) is 0 Å². The van der Waals surface area contributed by atoms with Crippen molar-refractivity contribution in [1.82, 2.24) is 19.4 Å². The van der Waals surface area contributed by atoms with Crippen molar-refractivity contribution in [2.75, 3.05) is 55.9 Å². The van der Waals surface area contributed by atoms with E-state index < -0.39 is 0 Å². The van der Waals surface area contributed by atoms with E-state index in [0.29, 0.717) is 23.1 Å². The Morgan fingerprint density at radius 3 is 2.79 bits per heavy atom. The molecule has 4 aromatic rings. The number of anilines is 4. The molecule has 42 heavy (non-hydrogen) atoms. The Morgan fingerprint density at radius 1 is 1.17 bits per heavy atom. The van der Waals surface area contributed by atoms with Crippen molar-refractivity contribution in [1.29, 1.82) is 0 Å². The molecule has 2 aliphatic rings. The van der Waals surface area contributed by atoms with Crippen LogP contribution in [0.5, 0.6) is 5.75 Å². The van der Waals surface area contributed by atoms with Crippen LogP contribution in [0.4, 0.5) is 23.0 Å². The van der Waals surface area contributed by atoms with Crippen molar-refractivity contribution in [3.63, 3.8) is 0 Å². The first-order valence-electron chi connectivity index (χ1n) is 14.8. The predicted octanol–water partition coefficient (Wildman–Crippen LogP) is 5.76. The fraction of sp³-hybridized carbons (Fsp3) is 0.364. The standard InChI is InChI=1S/C33H39N7O2/c1-5-30(41)35-26-18-27(29(42-4)19-28(26)38(3)16-17-39-13-6-7-14-39)36-33-34-20-22(2)31(37-33)25-21-40-15-9-11-23-10-8-12-24(25)32(23)40/h5,8,10,12,18-21H,1,6-7,9,11,13-17H2,2-4H3,(H,35,41)(H,34,36,37). The lowest BCUT2D eigenvalue weighted by Gasteiger charge is -2.26. The van der Waals surface area contributed by atoms with E-state index in [9.17, 15) is 4.79 Å². The molecule has 6 rings (SSSR count). The molecule has 9 nitrogen and oxygen atoms in total. The Labute approximate surface area is 247 Å². The summed E-state index contributed by atoms with van der Waals surface area (Å²) in [6, 6.07) is 10.4. The monoisotopic (exact) mass is 565 g/mol. The molecule has 0 atom stereocenters. The molecule has 9 heteroatoms. The highest BCUT2D eigenvalue weighted by atomic mass is 16.5. The van der Waals surface area contributed by atoms with Gasteiger partial charge in [0.2, 0.25) is 11.9 Å². The third-order valence-corrected chi connectivity index (χ3v) is 8.42. The van der Waals surface area contributed by atoms with Crippen LogP contribution in [0.25, 0.3) is 22.2 Å². The summed E-state index contributed by atoms with van der Waals surface area (Å²) in [5.41, 5.74) is 7.89. The van der Waals surface area contributed by atoms with E-state index in [0.717, 1.165) is 68.1 Å². The number of nitrogens with zero attached hydrogens (tertiary/aromatic N) is 5. The Kier molecular flexibility index (Phi) is 7.84. The van der Waals surface area contributed by atoms with Gasteiger partial charge in [-0.15, -0.1) is 0 Å². The summed E-state index contributed by atoms with van der Waals surface area (Å²) in [6.07, 6.45) is 10.1. The van der Waals surface area contributed by atoms with Crippen LogP contribution in [0.15, 0.2) is 55.4 Å². The summed E-state index contributed by atoms with van der Waals surface area (Å²) in [5.74, 6) is 0.812. The van der Waals surface area contributed by atoms with Gasteiger partial charge in [-0.25, -0.2) is 9.97 Å². The van der Waals surface area contributed by atoms with E-state index in [-0.39, 0.29) is 5.91 Å². The summed E-state index contributed by atoms with van der Waals surface area (Å²) in [7, 11) is 3.68. The molecule has 0 radical (unpaired) electrons. The Balaban J connectivity index is 1.34. The van der Waals surface area contributed by atoms with E-state index in [4.69, 9.17) is 9.72 Å². The average Bonchev–Trinajstić information content (AvgIpc) is 3.66. The van der Waals surface area contributed by atoms with Gasteiger partial charge in [0.05, 0.1) is 35.4 Å². The summed E-state index contributed by atoms with van der Waals surface area (Å²) in [6.45, 7) is 10.8. The van der Waals surface area contributed by atoms with Gasteiger partial charge < -0.3 is 29.7 Å². The maximum atomic E-state index is 12.4. The van der Waals surface area contributed by atoms with Crippen LogP contribution in [-0.2, 0) is 17.8 Å². The SMILES string of the molecule is C=CC(=O)Nc1cc(Nc2ncc(C)c(-c3cn4c5c(cccc35)CCC4)n2)c(OC)cc1N(C)CCN1CCCC1. The Morgan fingerprint density at radius 2 is 2.00 bits per heavy atom. The molecule has 1 saturated heterocycles. The minimum absolute atomic E-state index is 0.276. The summed E-state index contributed by atoms with van der Waals surface area (Å²) in [5, 5.41) is 7.57. The molecule has 0 bridgehead atoms. The molecule has 4 heterocycles. The Bertz CT molecular complexity index is 1640. The average molecular weight is 566 g/mol. The third-order valence-electron chi connectivity index (χ3n) is 8.42. The lowest BCUT2D eigenvalue weighted by atomic mass is 10.0. The zero-order valence-corrected chi connectivity index (χ0v) is 24.7. The molecule has 0 unspecified atom stereocenters. The number of likely N-dealkylation sites (N-methyl/N-ethyl adjacent to an activating group) is 1. The second-order valence-corrected chi connectivity index (χ2v) is 11.2. The molecule has 2 aliphatic heterocycles. The van der Waals surface area contributed by atoms with Gasteiger partial charge >= 0.3 is 0 Å². The van der Waals surface area contributed by atoms with Crippen LogP contribution in [0.1, 0.15) is 30.4 Å². The molecular formula is C33H39N7O2. The predicted molar refractivity (Wildman–Crippen MR) is 170 cm³/mol. The number of carbonyl (C=O) groups excluding carboxylic acids is 1. The number of hydrogen-bond donors (Lipinski definition) is 2. The highest BCUT2D eigenvalue weighted by Gasteiger charge is 2.21. The minimum atomic E-state index is -0.276. The van der Waals surface area contributed by atoms with Crippen LogP contribution in [-0.4, -0.2) is 65.7 Å². The second kappa shape index (κ2) is 11.9. The lowest BCUT2D eigenvalue weighted by molar-refractivity contribution is -0.111. The molecule has 0 saturated carbocycles. The zero-order valence-electron chi connectivity index (χ0n) is 24.7. The number of carbonyl (C=O) groups is 1. The maximum Gasteiger partial charge on any atom is 0.247 e. The van der Waals surface area contributed by atoms with Gasteiger partial charge in [0.15, 0.2) is 0 Å². The molecule has 218 valence electrons. The molecule has 0 spiro atoms. The molecule has 0 aliphatic carbocycles. The quantitative estimate of drug-likeness (QED) is 0.236. The first-order valence-corrected chi connectivity index (χ1v) is 14.8. The number of benzene rings is 2. The lowest BCUT2D eigenvalue weighted by Crippen LogP contribution is -2.32. The van der Waals surface area contributed by atoms with Crippen LogP contribution >= 0.6 is 0 Å². The molecule has 1 fully saturated rings. The number of ether oxygens (including phenoxy) is 1. The molecular weight excluding hydrogens is 526 g/mol. The molecule has 1 amide bonds. The molecule has 2 aromatic heterocycles. The van der Waals surface area contributed by atoms with E-state index in [1.54, 1.807) is 7.11 Å². The number of nitrogens with one attached hydrogen (secondary N) is 2.